The van der Waals surface area contributed by atoms with Gasteiger partial charge in [0.1, 0.15) is 11.3 Å². The summed E-state index contributed by atoms with van der Waals surface area (Å²) in [5.41, 5.74) is 3.61. The van der Waals surface area contributed by atoms with Crippen LogP contribution in [0, 0.1) is 6.92 Å². The topological polar surface area (TPSA) is 74.3 Å². The molecule has 0 fully saturated rings. The van der Waals surface area contributed by atoms with Crippen molar-refractivity contribution in [1.29, 1.82) is 0 Å². The fraction of sp³-hybridized carbons (Fsp3) is 0.158. The van der Waals surface area contributed by atoms with E-state index in [1.165, 1.54) is 6.20 Å². The van der Waals surface area contributed by atoms with Gasteiger partial charge in [-0.15, -0.1) is 0 Å². The monoisotopic (exact) mass is 347 g/mol. The van der Waals surface area contributed by atoms with Crippen LogP contribution in [0.15, 0.2) is 55.1 Å². The third-order valence-corrected chi connectivity index (χ3v) is 4.01. The Bertz CT molecular complexity index is 1100. The van der Waals surface area contributed by atoms with E-state index in [0.717, 1.165) is 22.9 Å². The van der Waals surface area contributed by atoms with Gasteiger partial charge in [-0.1, -0.05) is 6.07 Å². The first-order valence-corrected chi connectivity index (χ1v) is 8.29. The van der Waals surface area contributed by atoms with E-state index in [-0.39, 0.29) is 0 Å². The number of carbonyl (C=O) groups is 1. The molecule has 130 valence electrons. The highest BCUT2D eigenvalue weighted by atomic mass is 16.5. The molecule has 0 bridgehead atoms. The molecule has 0 spiro atoms. The Kier molecular flexibility index (Phi) is 3.96. The maximum Gasteiger partial charge on any atom is 0.356 e. The molecule has 0 amide bonds. The van der Waals surface area contributed by atoms with Gasteiger partial charge in [-0.05, 0) is 38.1 Å². The number of aromatic nitrogens is 5. The quantitative estimate of drug-likeness (QED) is 0.530. The number of carbonyl (C=O) groups excluding carboxylic acids is 1. The Hall–Kier alpha value is -3.48. The summed E-state index contributed by atoms with van der Waals surface area (Å²) >= 11 is 0. The Morgan fingerprint density at radius 2 is 2.08 bits per heavy atom. The van der Waals surface area contributed by atoms with Crippen molar-refractivity contribution in [3.8, 4) is 17.2 Å². The Labute approximate surface area is 149 Å². The van der Waals surface area contributed by atoms with Crippen LogP contribution in [0.2, 0.25) is 0 Å². The predicted molar refractivity (Wildman–Crippen MR) is 96.2 cm³/mol. The summed E-state index contributed by atoms with van der Waals surface area (Å²) in [6, 6.07) is 9.60. The molecule has 0 aromatic carbocycles. The molecule has 0 saturated carbocycles. The molecule has 0 radical (unpaired) electrons. The zero-order valence-electron chi connectivity index (χ0n) is 14.5. The van der Waals surface area contributed by atoms with Gasteiger partial charge in [0, 0.05) is 24.3 Å². The number of hydrogen-bond donors (Lipinski definition) is 0. The van der Waals surface area contributed by atoms with Crippen molar-refractivity contribution in [2.75, 3.05) is 6.61 Å². The molecule has 7 heteroatoms. The highest BCUT2D eigenvalue weighted by Crippen LogP contribution is 2.21. The molecule has 0 aliphatic carbocycles. The van der Waals surface area contributed by atoms with Gasteiger partial charge in [-0.2, -0.15) is 0 Å². The predicted octanol–water partition coefficient (Wildman–Crippen LogP) is 3.07. The van der Waals surface area contributed by atoms with E-state index in [1.54, 1.807) is 17.5 Å². The van der Waals surface area contributed by atoms with Crippen molar-refractivity contribution in [1.82, 2.24) is 23.9 Å². The fourth-order valence-corrected chi connectivity index (χ4v) is 2.84. The average molecular weight is 347 g/mol. The number of ether oxygens (including phenoxy) is 1. The van der Waals surface area contributed by atoms with E-state index >= 15 is 0 Å². The van der Waals surface area contributed by atoms with Crippen LogP contribution in [0.5, 0.6) is 0 Å². The number of rotatable bonds is 4. The Morgan fingerprint density at radius 1 is 1.19 bits per heavy atom. The standard InChI is InChI=1S/C19H17N5O2/c1-3-26-19(25)16-11-21-17-8-7-14(12-24(16)17)23-10-9-20-18(23)15-6-4-5-13(2)22-15/h4-12H,3H2,1-2H3. The minimum Gasteiger partial charge on any atom is -0.461 e. The largest absolute Gasteiger partial charge is 0.461 e. The summed E-state index contributed by atoms with van der Waals surface area (Å²) in [5.74, 6) is 0.328. The third-order valence-electron chi connectivity index (χ3n) is 4.01. The van der Waals surface area contributed by atoms with Gasteiger partial charge in [0.2, 0.25) is 0 Å². The maximum atomic E-state index is 12.1. The van der Waals surface area contributed by atoms with Crippen LogP contribution in [0.3, 0.4) is 0 Å². The number of fused-ring (bicyclic) bond motifs is 1. The van der Waals surface area contributed by atoms with Crippen molar-refractivity contribution in [2.45, 2.75) is 13.8 Å². The van der Waals surface area contributed by atoms with E-state index in [0.29, 0.717) is 17.9 Å². The summed E-state index contributed by atoms with van der Waals surface area (Å²) in [4.78, 5) is 25.4. The molecule has 0 atom stereocenters. The number of imidazole rings is 2. The molecule has 4 aromatic heterocycles. The van der Waals surface area contributed by atoms with Crippen LogP contribution in [0.1, 0.15) is 23.1 Å². The summed E-state index contributed by atoms with van der Waals surface area (Å²) in [5, 5.41) is 0. The first-order valence-electron chi connectivity index (χ1n) is 8.29. The van der Waals surface area contributed by atoms with E-state index in [9.17, 15) is 4.79 Å². The molecule has 0 aliphatic rings. The zero-order valence-corrected chi connectivity index (χ0v) is 14.5. The molecule has 4 aromatic rings. The lowest BCUT2D eigenvalue weighted by Crippen LogP contribution is -2.08. The van der Waals surface area contributed by atoms with Crippen molar-refractivity contribution in [3.63, 3.8) is 0 Å². The highest BCUT2D eigenvalue weighted by molar-refractivity contribution is 5.88. The third kappa shape index (κ3) is 2.73. The lowest BCUT2D eigenvalue weighted by molar-refractivity contribution is 0.0518. The minimum atomic E-state index is -0.400. The number of hydrogen-bond acceptors (Lipinski definition) is 5. The molecule has 0 N–H and O–H groups in total. The lowest BCUT2D eigenvalue weighted by atomic mass is 10.3. The molecule has 0 aliphatic heterocycles. The second kappa shape index (κ2) is 6.44. The van der Waals surface area contributed by atoms with Gasteiger partial charge in [-0.3, -0.25) is 8.97 Å². The molecular formula is C19H17N5O2. The van der Waals surface area contributed by atoms with Crippen LogP contribution in [0.4, 0.5) is 0 Å². The Balaban J connectivity index is 1.82. The zero-order chi connectivity index (χ0) is 18.1. The normalized spacial score (nSPS) is 11.0. The van der Waals surface area contributed by atoms with E-state index in [1.807, 2.05) is 54.2 Å². The molecule has 26 heavy (non-hydrogen) atoms. The minimum absolute atomic E-state index is 0.316. The summed E-state index contributed by atoms with van der Waals surface area (Å²) in [6.07, 6.45) is 6.95. The average Bonchev–Trinajstić information content (AvgIpc) is 3.28. The van der Waals surface area contributed by atoms with Gasteiger partial charge in [0.15, 0.2) is 11.5 Å². The van der Waals surface area contributed by atoms with Crippen LogP contribution >= 0.6 is 0 Å². The number of aryl methyl sites for hydroxylation is 1. The number of nitrogens with zero attached hydrogens (tertiary/aromatic N) is 5. The molecule has 0 unspecified atom stereocenters. The molecule has 7 nitrogen and oxygen atoms in total. The summed E-state index contributed by atoms with van der Waals surface area (Å²) in [6.45, 7) is 4.04. The van der Waals surface area contributed by atoms with Gasteiger partial charge >= 0.3 is 5.97 Å². The maximum absolute atomic E-state index is 12.1. The first kappa shape index (κ1) is 16.0. The van der Waals surface area contributed by atoms with E-state index in [4.69, 9.17) is 4.74 Å². The first-order chi connectivity index (χ1) is 12.7. The van der Waals surface area contributed by atoms with Crippen LogP contribution in [0.25, 0.3) is 22.9 Å². The SMILES string of the molecule is CCOC(=O)c1cnc2ccc(-n3ccnc3-c3cccc(C)n3)cn12. The van der Waals surface area contributed by atoms with Crippen molar-refractivity contribution in [2.24, 2.45) is 0 Å². The van der Waals surface area contributed by atoms with Crippen LogP contribution in [-0.4, -0.2) is 36.5 Å². The smallest absolute Gasteiger partial charge is 0.356 e. The number of esters is 1. The van der Waals surface area contributed by atoms with Gasteiger partial charge in [0.25, 0.3) is 0 Å². The number of pyridine rings is 2. The Morgan fingerprint density at radius 3 is 2.88 bits per heavy atom. The van der Waals surface area contributed by atoms with Crippen LogP contribution in [-0.2, 0) is 4.74 Å². The fourth-order valence-electron chi connectivity index (χ4n) is 2.84. The van der Waals surface area contributed by atoms with E-state index in [2.05, 4.69) is 15.0 Å². The van der Waals surface area contributed by atoms with E-state index < -0.39 is 5.97 Å². The molecule has 4 heterocycles. The molecular weight excluding hydrogens is 330 g/mol. The lowest BCUT2D eigenvalue weighted by Gasteiger charge is -2.09. The van der Waals surface area contributed by atoms with Gasteiger partial charge in [-0.25, -0.2) is 19.7 Å². The summed E-state index contributed by atoms with van der Waals surface area (Å²) in [7, 11) is 0. The second-order valence-corrected chi connectivity index (χ2v) is 5.76. The molecule has 4 rings (SSSR count). The highest BCUT2D eigenvalue weighted by Gasteiger charge is 2.15. The van der Waals surface area contributed by atoms with Crippen LogP contribution < -0.4 is 0 Å². The van der Waals surface area contributed by atoms with Crippen molar-refractivity contribution < 1.29 is 9.53 Å². The second-order valence-electron chi connectivity index (χ2n) is 5.76. The van der Waals surface area contributed by atoms with Crippen molar-refractivity contribution >= 4 is 11.6 Å². The van der Waals surface area contributed by atoms with Gasteiger partial charge < -0.3 is 4.74 Å². The molecule has 0 saturated heterocycles. The van der Waals surface area contributed by atoms with Gasteiger partial charge in [0.05, 0.1) is 18.5 Å². The summed E-state index contributed by atoms with van der Waals surface area (Å²) < 4.78 is 8.75. The van der Waals surface area contributed by atoms with Crippen molar-refractivity contribution in [3.05, 3.63) is 66.5 Å².